The lowest BCUT2D eigenvalue weighted by atomic mass is 10.2. The monoisotopic (exact) mass is 560 g/mol. The molecule has 0 bridgehead atoms. The van der Waals surface area contributed by atoms with Crippen molar-refractivity contribution in [1.82, 2.24) is 8.87 Å². The van der Waals surface area contributed by atoms with Crippen LogP contribution in [0.1, 0.15) is 36.5 Å². The molecule has 0 atom stereocenters. The highest BCUT2D eigenvalue weighted by Crippen LogP contribution is 2.22. The Balaban J connectivity index is 1.97. The molecule has 0 aliphatic carbocycles. The van der Waals surface area contributed by atoms with Crippen LogP contribution in [0.25, 0.3) is 10.2 Å². The van der Waals surface area contributed by atoms with Gasteiger partial charge in [0.1, 0.15) is 0 Å². The fourth-order valence-corrected chi connectivity index (χ4v) is 6.68. The number of nitrogens with two attached hydrogens (primary N) is 1. The maximum atomic E-state index is 13.0. The predicted octanol–water partition coefficient (Wildman–Crippen LogP) is 2.32. The maximum Gasteiger partial charge on any atom is 0.279 e. The van der Waals surface area contributed by atoms with E-state index in [0.29, 0.717) is 21.6 Å². The Bertz CT molecular complexity index is 1660. The fourth-order valence-electron chi connectivity index (χ4n) is 3.53. The van der Waals surface area contributed by atoms with Crippen LogP contribution in [0.5, 0.6) is 0 Å². The number of carbonyl (C=O) groups excluding carboxylic acids is 1. The van der Waals surface area contributed by atoms with Crippen LogP contribution in [-0.2, 0) is 26.6 Å². The molecule has 11 nitrogen and oxygen atoms in total. The molecule has 3 aromatic rings. The van der Waals surface area contributed by atoms with E-state index >= 15 is 0 Å². The van der Waals surface area contributed by atoms with Gasteiger partial charge in [-0.15, -0.1) is 0 Å². The summed E-state index contributed by atoms with van der Waals surface area (Å²) in [6, 6.07) is 13.5. The molecular formula is C23H24N6O5S3. The first-order chi connectivity index (χ1) is 17.5. The second-order valence-corrected chi connectivity index (χ2v) is 12.4. The lowest BCUT2D eigenvalue weighted by molar-refractivity contribution is 0.0997. The van der Waals surface area contributed by atoms with Gasteiger partial charge in [-0.25, -0.2) is 22.0 Å². The molecule has 0 saturated carbocycles. The maximum absolute atomic E-state index is 13.0. The van der Waals surface area contributed by atoms with Crippen molar-refractivity contribution in [2.75, 3.05) is 13.1 Å². The Hall–Kier alpha value is -3.40. The van der Waals surface area contributed by atoms with E-state index < -0.39 is 26.0 Å². The number of amides is 1. The largest absolute Gasteiger partial charge is 0.316 e. The zero-order valence-electron chi connectivity index (χ0n) is 19.9. The highest BCUT2D eigenvalue weighted by atomic mass is 32.2. The first-order valence-corrected chi connectivity index (χ1v) is 14.9. The molecule has 1 aromatic heterocycles. The van der Waals surface area contributed by atoms with Gasteiger partial charge in [0.25, 0.3) is 5.91 Å². The van der Waals surface area contributed by atoms with Gasteiger partial charge in [-0.05, 0) is 48.9 Å². The van der Waals surface area contributed by atoms with E-state index in [1.165, 1.54) is 36.4 Å². The molecular weight excluding hydrogens is 536 g/mol. The minimum Gasteiger partial charge on any atom is -0.316 e. The van der Waals surface area contributed by atoms with Gasteiger partial charge in [0.2, 0.25) is 20.0 Å². The van der Waals surface area contributed by atoms with E-state index in [1.807, 2.05) is 23.6 Å². The Morgan fingerprint density at radius 1 is 1.03 bits per heavy atom. The van der Waals surface area contributed by atoms with Gasteiger partial charge in [0, 0.05) is 38.0 Å². The van der Waals surface area contributed by atoms with Crippen molar-refractivity contribution in [3.8, 4) is 12.1 Å². The summed E-state index contributed by atoms with van der Waals surface area (Å²) in [5.74, 6) is -0.599. The Morgan fingerprint density at radius 3 is 2.16 bits per heavy atom. The van der Waals surface area contributed by atoms with Crippen LogP contribution in [0.4, 0.5) is 0 Å². The predicted molar refractivity (Wildman–Crippen MR) is 137 cm³/mol. The van der Waals surface area contributed by atoms with Crippen LogP contribution in [0.15, 0.2) is 57.2 Å². The number of thiazole rings is 1. The number of aromatic nitrogens is 1. The van der Waals surface area contributed by atoms with Gasteiger partial charge in [0.05, 0.1) is 32.1 Å². The summed E-state index contributed by atoms with van der Waals surface area (Å²) in [7, 11) is -7.86. The highest BCUT2D eigenvalue weighted by molar-refractivity contribution is 7.89. The molecule has 2 N–H and O–H groups in total. The summed E-state index contributed by atoms with van der Waals surface area (Å²) < 4.78 is 52.9. The van der Waals surface area contributed by atoms with E-state index in [0.717, 1.165) is 22.1 Å². The zero-order valence-corrected chi connectivity index (χ0v) is 22.3. The van der Waals surface area contributed by atoms with Crippen molar-refractivity contribution in [2.45, 2.75) is 42.5 Å². The first kappa shape index (κ1) is 28.2. The Kier molecular flexibility index (Phi) is 8.96. The number of primary sulfonamides is 1. The van der Waals surface area contributed by atoms with Crippen LogP contribution in [0.3, 0.4) is 0 Å². The summed E-state index contributed by atoms with van der Waals surface area (Å²) in [5.41, 5.74) is 0.868. The standard InChI is InChI=1S/C23H24N6O5S3/c1-2-13-29-20-10-9-19(36(26,31)32)16-21(20)35-23(29)27-22(30)17-5-7-18(8-6-17)37(33,34)28(14-3-11-24)15-4-12-25/h5-10,16H,2-4,13-15H2,1H3,(H2,26,31,32). The molecule has 3 rings (SSSR count). The first-order valence-electron chi connectivity index (χ1n) is 11.1. The molecule has 1 amide bonds. The van der Waals surface area contributed by atoms with Crippen LogP contribution in [-0.4, -0.2) is 44.7 Å². The second-order valence-electron chi connectivity index (χ2n) is 7.87. The fraction of sp³-hybridized carbons (Fsp3) is 0.304. The summed E-state index contributed by atoms with van der Waals surface area (Å²) in [5, 5.41) is 22.9. The highest BCUT2D eigenvalue weighted by Gasteiger charge is 2.24. The van der Waals surface area contributed by atoms with Crippen LogP contribution < -0.4 is 9.94 Å². The molecule has 194 valence electrons. The topological polar surface area (TPSA) is 179 Å². The van der Waals surface area contributed by atoms with Crippen molar-refractivity contribution < 1.29 is 21.6 Å². The number of sulfonamides is 2. The van der Waals surface area contributed by atoms with Crippen molar-refractivity contribution >= 4 is 47.5 Å². The summed E-state index contributed by atoms with van der Waals surface area (Å²) in [6.07, 6.45) is 0.697. The SMILES string of the molecule is CCCn1c(=NC(=O)c2ccc(S(=O)(=O)N(CCC#N)CCC#N)cc2)sc2cc(S(N)(=O)=O)ccc21. The molecule has 0 fully saturated rings. The normalized spacial score (nSPS) is 12.5. The van der Waals surface area contributed by atoms with Gasteiger partial charge in [-0.2, -0.15) is 19.8 Å². The van der Waals surface area contributed by atoms with Gasteiger partial charge in [-0.1, -0.05) is 18.3 Å². The molecule has 0 saturated heterocycles. The average Bonchev–Trinajstić information content (AvgIpc) is 3.19. The third-order valence-corrected chi connectivity index (χ3v) is 9.18. The smallest absolute Gasteiger partial charge is 0.279 e. The molecule has 0 spiro atoms. The third kappa shape index (κ3) is 6.49. The summed E-state index contributed by atoms with van der Waals surface area (Å²) in [4.78, 5) is 17.4. The molecule has 0 aliphatic rings. The van der Waals surface area contributed by atoms with Crippen molar-refractivity contribution in [1.29, 1.82) is 10.5 Å². The van der Waals surface area contributed by atoms with Crippen molar-refractivity contribution in [2.24, 2.45) is 10.1 Å². The Morgan fingerprint density at radius 2 is 1.62 bits per heavy atom. The molecule has 37 heavy (non-hydrogen) atoms. The quantitative estimate of drug-likeness (QED) is 0.395. The van der Waals surface area contributed by atoms with Gasteiger partial charge in [-0.3, -0.25) is 4.79 Å². The average molecular weight is 561 g/mol. The molecule has 0 radical (unpaired) electrons. The van der Waals surface area contributed by atoms with Crippen LogP contribution in [0.2, 0.25) is 0 Å². The number of nitrogens with zero attached hydrogens (tertiary/aromatic N) is 5. The summed E-state index contributed by atoms with van der Waals surface area (Å²) >= 11 is 1.14. The molecule has 14 heteroatoms. The third-order valence-electron chi connectivity index (χ3n) is 5.31. The summed E-state index contributed by atoms with van der Waals surface area (Å²) in [6.45, 7) is 2.40. The lowest BCUT2D eigenvalue weighted by Gasteiger charge is -2.20. The second kappa shape index (κ2) is 11.8. The number of aryl methyl sites for hydroxylation is 1. The number of hydrogen-bond donors (Lipinski definition) is 1. The van der Waals surface area contributed by atoms with E-state index in [2.05, 4.69) is 4.99 Å². The van der Waals surface area contributed by atoms with E-state index in [9.17, 15) is 21.6 Å². The van der Waals surface area contributed by atoms with Gasteiger partial charge < -0.3 is 4.57 Å². The van der Waals surface area contributed by atoms with Crippen molar-refractivity contribution in [3.05, 3.63) is 52.8 Å². The van der Waals surface area contributed by atoms with Gasteiger partial charge in [0.15, 0.2) is 4.80 Å². The lowest BCUT2D eigenvalue weighted by Crippen LogP contribution is -2.32. The molecule has 0 aliphatic heterocycles. The minimum atomic E-state index is -3.97. The molecule has 1 heterocycles. The number of benzene rings is 2. The zero-order chi connectivity index (χ0) is 27.2. The van der Waals surface area contributed by atoms with E-state index in [-0.39, 0.29) is 41.3 Å². The number of nitriles is 2. The van der Waals surface area contributed by atoms with Crippen LogP contribution in [0, 0.1) is 22.7 Å². The Labute approximate surface area is 218 Å². The molecule has 0 unspecified atom stereocenters. The number of hydrogen-bond acceptors (Lipinski definition) is 8. The van der Waals surface area contributed by atoms with Gasteiger partial charge >= 0.3 is 0 Å². The number of carbonyl (C=O) groups is 1. The van der Waals surface area contributed by atoms with Crippen LogP contribution >= 0.6 is 11.3 Å². The van der Waals surface area contributed by atoms with Crippen molar-refractivity contribution in [3.63, 3.8) is 0 Å². The van der Waals surface area contributed by atoms with E-state index in [1.54, 1.807) is 6.07 Å². The van der Waals surface area contributed by atoms with E-state index in [4.69, 9.17) is 15.7 Å². The molecule has 2 aromatic carbocycles. The number of fused-ring (bicyclic) bond motifs is 1. The minimum absolute atomic E-state index is 0.0221. The number of rotatable bonds is 10.